The SMILES string of the molecule is O=S([O-])c1cccc(CN(Cc2ccccn2)Cc2ccccn2)c1.c1ccc2c(c1)CCNC2. The molecular weight excluding hydrogens is 456 g/mol. The van der Waals surface area contributed by atoms with Crippen LogP contribution < -0.4 is 5.32 Å². The number of benzene rings is 2. The summed E-state index contributed by atoms with van der Waals surface area (Å²) < 4.78 is 22.4. The van der Waals surface area contributed by atoms with Crippen LogP contribution in [0.1, 0.15) is 28.1 Å². The minimum absolute atomic E-state index is 0.299. The molecule has 0 spiro atoms. The van der Waals surface area contributed by atoms with Crippen molar-refractivity contribution in [3.05, 3.63) is 125 Å². The first-order valence-electron chi connectivity index (χ1n) is 11.7. The van der Waals surface area contributed by atoms with Gasteiger partial charge in [-0.15, -0.1) is 0 Å². The smallest absolute Gasteiger partial charge is 0.0544 e. The van der Waals surface area contributed by atoms with Gasteiger partial charge in [0.2, 0.25) is 0 Å². The highest BCUT2D eigenvalue weighted by molar-refractivity contribution is 7.79. The van der Waals surface area contributed by atoms with Gasteiger partial charge in [-0.05, 0) is 77.1 Å². The third-order valence-corrected chi connectivity index (χ3v) is 6.36. The average Bonchev–Trinajstić information content (AvgIpc) is 2.90. The second-order valence-corrected chi connectivity index (χ2v) is 9.31. The van der Waals surface area contributed by atoms with Gasteiger partial charge in [-0.1, -0.05) is 48.5 Å². The summed E-state index contributed by atoms with van der Waals surface area (Å²) in [6.07, 6.45) is 4.74. The van der Waals surface area contributed by atoms with Crippen LogP contribution in [0.5, 0.6) is 0 Å². The monoisotopic (exact) mass is 485 g/mol. The molecule has 1 unspecified atom stereocenters. The lowest BCUT2D eigenvalue weighted by molar-refractivity contribution is 0.241. The minimum Gasteiger partial charge on any atom is -0.768 e. The van der Waals surface area contributed by atoms with E-state index in [9.17, 15) is 8.76 Å². The molecule has 180 valence electrons. The molecule has 3 heterocycles. The van der Waals surface area contributed by atoms with E-state index in [-0.39, 0.29) is 0 Å². The predicted molar refractivity (Wildman–Crippen MR) is 137 cm³/mol. The highest BCUT2D eigenvalue weighted by Crippen LogP contribution is 2.15. The fourth-order valence-corrected chi connectivity index (χ4v) is 4.47. The highest BCUT2D eigenvalue weighted by atomic mass is 32.2. The Bertz CT molecular complexity index is 1160. The van der Waals surface area contributed by atoms with Crippen LogP contribution in [0.4, 0.5) is 0 Å². The van der Waals surface area contributed by atoms with Crippen LogP contribution in [-0.2, 0) is 43.7 Å². The van der Waals surface area contributed by atoms with Crippen molar-refractivity contribution in [2.75, 3.05) is 6.54 Å². The summed E-state index contributed by atoms with van der Waals surface area (Å²) in [5, 5.41) is 3.34. The van der Waals surface area contributed by atoms with E-state index in [2.05, 4.69) is 44.5 Å². The number of aromatic nitrogens is 2. The van der Waals surface area contributed by atoms with E-state index in [4.69, 9.17) is 0 Å². The average molecular weight is 486 g/mol. The van der Waals surface area contributed by atoms with Crippen LogP contribution in [0.25, 0.3) is 0 Å². The molecule has 1 aliphatic heterocycles. The molecule has 0 bridgehead atoms. The topological polar surface area (TPSA) is 81.2 Å². The normalized spacial score (nSPS) is 13.4. The number of fused-ring (bicyclic) bond motifs is 1. The lowest BCUT2D eigenvalue weighted by Gasteiger charge is -2.22. The molecule has 1 atom stereocenters. The van der Waals surface area contributed by atoms with E-state index in [0.717, 1.165) is 30.0 Å². The molecule has 2 aromatic heterocycles. The Labute approximate surface area is 209 Å². The van der Waals surface area contributed by atoms with E-state index in [1.54, 1.807) is 30.6 Å². The summed E-state index contributed by atoms with van der Waals surface area (Å²) in [5.41, 5.74) is 5.84. The van der Waals surface area contributed by atoms with Crippen molar-refractivity contribution in [2.24, 2.45) is 0 Å². The van der Waals surface area contributed by atoms with Crippen LogP contribution in [0, 0.1) is 0 Å². The fourth-order valence-electron chi connectivity index (χ4n) is 4.03. The van der Waals surface area contributed by atoms with E-state index in [1.807, 2.05) is 42.5 Å². The summed E-state index contributed by atoms with van der Waals surface area (Å²) in [6.45, 7) is 4.11. The van der Waals surface area contributed by atoms with Gasteiger partial charge in [0, 0.05) is 43.5 Å². The Kier molecular flexibility index (Phi) is 9.25. The van der Waals surface area contributed by atoms with Crippen LogP contribution in [0.3, 0.4) is 0 Å². The van der Waals surface area contributed by atoms with Gasteiger partial charge in [0.15, 0.2) is 0 Å². The van der Waals surface area contributed by atoms with Crippen molar-refractivity contribution in [3.63, 3.8) is 0 Å². The fraction of sp³-hybridized carbons (Fsp3) is 0.214. The van der Waals surface area contributed by atoms with E-state index in [0.29, 0.717) is 24.5 Å². The lowest BCUT2D eigenvalue weighted by atomic mass is 10.0. The molecule has 4 aromatic rings. The maximum Gasteiger partial charge on any atom is 0.0544 e. The molecule has 1 N–H and O–H groups in total. The van der Waals surface area contributed by atoms with Crippen molar-refractivity contribution in [2.45, 2.75) is 37.5 Å². The second-order valence-electron chi connectivity index (χ2n) is 8.36. The quantitative estimate of drug-likeness (QED) is 0.394. The van der Waals surface area contributed by atoms with Gasteiger partial charge in [-0.2, -0.15) is 0 Å². The zero-order valence-electron chi connectivity index (χ0n) is 19.5. The van der Waals surface area contributed by atoms with Gasteiger partial charge in [0.25, 0.3) is 0 Å². The molecule has 0 fully saturated rings. The molecule has 5 rings (SSSR count). The third-order valence-electron chi connectivity index (χ3n) is 5.73. The predicted octanol–water partition coefficient (Wildman–Crippen LogP) is 4.25. The van der Waals surface area contributed by atoms with Crippen LogP contribution in [0.15, 0.2) is 102 Å². The van der Waals surface area contributed by atoms with Crippen LogP contribution >= 0.6 is 0 Å². The lowest BCUT2D eigenvalue weighted by Crippen LogP contribution is -2.23. The molecule has 0 aliphatic carbocycles. The Balaban J connectivity index is 0.000000239. The first kappa shape index (κ1) is 24.9. The van der Waals surface area contributed by atoms with Crippen molar-refractivity contribution in [3.8, 4) is 0 Å². The summed E-state index contributed by atoms with van der Waals surface area (Å²) in [7, 11) is 0. The maximum atomic E-state index is 11.2. The molecule has 1 aliphatic rings. The molecule has 0 saturated carbocycles. The number of hydrogen-bond donors (Lipinski definition) is 1. The number of rotatable bonds is 7. The van der Waals surface area contributed by atoms with E-state index >= 15 is 0 Å². The number of nitrogens with one attached hydrogen (secondary N) is 1. The Morgan fingerprint density at radius 1 is 0.800 bits per heavy atom. The van der Waals surface area contributed by atoms with Gasteiger partial charge in [0.05, 0.1) is 11.4 Å². The third kappa shape index (κ3) is 7.90. The van der Waals surface area contributed by atoms with Gasteiger partial charge >= 0.3 is 0 Å². The largest absolute Gasteiger partial charge is 0.768 e. The summed E-state index contributed by atoms with van der Waals surface area (Å²) in [5.74, 6) is 0. The summed E-state index contributed by atoms with van der Waals surface area (Å²) in [4.78, 5) is 11.3. The van der Waals surface area contributed by atoms with Gasteiger partial charge in [0.1, 0.15) is 0 Å². The molecule has 0 amide bonds. The van der Waals surface area contributed by atoms with Crippen molar-refractivity contribution in [1.82, 2.24) is 20.2 Å². The second kappa shape index (κ2) is 13.0. The molecule has 0 saturated heterocycles. The number of hydrogen-bond acceptors (Lipinski definition) is 6. The zero-order chi connectivity index (χ0) is 24.3. The summed E-state index contributed by atoms with van der Waals surface area (Å²) in [6, 6.07) is 27.3. The van der Waals surface area contributed by atoms with Crippen molar-refractivity contribution < 1.29 is 8.76 Å². The zero-order valence-corrected chi connectivity index (χ0v) is 20.4. The van der Waals surface area contributed by atoms with Crippen molar-refractivity contribution >= 4 is 11.1 Å². The molecule has 2 aromatic carbocycles. The first-order valence-corrected chi connectivity index (χ1v) is 12.7. The maximum absolute atomic E-state index is 11.2. The first-order chi connectivity index (χ1) is 17.2. The summed E-state index contributed by atoms with van der Waals surface area (Å²) >= 11 is -2.22. The number of pyridine rings is 2. The molecule has 35 heavy (non-hydrogen) atoms. The Hall–Kier alpha value is -3.23. The van der Waals surface area contributed by atoms with Gasteiger partial charge in [-0.25, -0.2) is 0 Å². The molecular formula is C28H29N4O2S-. The standard InChI is InChI=1S/C19H19N3O2S.C9H11N/c23-25(24)19-9-5-6-16(12-19)13-22(14-17-7-1-3-10-20-17)15-18-8-2-4-11-21-18;1-2-4-9-7-10-6-5-8(9)3-1/h1-12H,13-15H2,(H,23,24);1-4,10H,5-7H2/p-1. The van der Waals surface area contributed by atoms with Crippen LogP contribution in [-0.4, -0.2) is 30.2 Å². The van der Waals surface area contributed by atoms with Crippen LogP contribution in [0.2, 0.25) is 0 Å². The Morgan fingerprint density at radius 2 is 1.46 bits per heavy atom. The minimum atomic E-state index is -2.22. The van der Waals surface area contributed by atoms with E-state index < -0.39 is 11.1 Å². The van der Waals surface area contributed by atoms with Gasteiger partial charge in [-0.3, -0.25) is 19.1 Å². The van der Waals surface area contributed by atoms with Gasteiger partial charge < -0.3 is 9.87 Å². The van der Waals surface area contributed by atoms with Crippen molar-refractivity contribution in [1.29, 1.82) is 0 Å². The highest BCUT2D eigenvalue weighted by Gasteiger charge is 2.10. The number of nitrogens with zero attached hydrogens (tertiary/aromatic N) is 3. The molecule has 7 heteroatoms. The molecule has 0 radical (unpaired) electrons. The Morgan fingerprint density at radius 3 is 2.06 bits per heavy atom. The van der Waals surface area contributed by atoms with E-state index in [1.165, 1.54) is 17.5 Å². The molecule has 6 nitrogen and oxygen atoms in total.